The van der Waals surface area contributed by atoms with Crippen molar-refractivity contribution in [1.29, 1.82) is 0 Å². The molecule has 2 rings (SSSR count). The summed E-state index contributed by atoms with van der Waals surface area (Å²) in [5.41, 5.74) is 2.18. The molecule has 1 aromatic heterocycles. The Bertz CT molecular complexity index is 733. The van der Waals surface area contributed by atoms with Gasteiger partial charge >= 0.3 is 0 Å². The van der Waals surface area contributed by atoms with Gasteiger partial charge in [-0.2, -0.15) is 0 Å². The summed E-state index contributed by atoms with van der Waals surface area (Å²) in [6.45, 7) is 5.49. The van der Waals surface area contributed by atoms with Crippen LogP contribution in [0.1, 0.15) is 35.8 Å². The number of anilines is 1. The maximum Gasteiger partial charge on any atom is 0.263 e. The van der Waals surface area contributed by atoms with E-state index in [2.05, 4.69) is 4.72 Å². The Kier molecular flexibility index (Phi) is 4.70. The third-order valence-corrected chi connectivity index (χ3v) is 6.04. The van der Waals surface area contributed by atoms with Crippen LogP contribution in [0.4, 0.5) is 5.69 Å². The lowest BCUT2D eigenvalue weighted by molar-refractivity contribution is 0.282. The van der Waals surface area contributed by atoms with E-state index in [1.165, 1.54) is 11.3 Å². The molecule has 0 radical (unpaired) electrons. The van der Waals surface area contributed by atoms with E-state index in [1.54, 1.807) is 24.4 Å². The van der Waals surface area contributed by atoms with E-state index in [4.69, 9.17) is 0 Å². The lowest BCUT2D eigenvalue weighted by Gasteiger charge is -2.15. The van der Waals surface area contributed by atoms with Gasteiger partial charge in [0.05, 0.1) is 17.2 Å². The van der Waals surface area contributed by atoms with Crippen LogP contribution in [0.3, 0.4) is 0 Å². The Morgan fingerprint density at radius 1 is 1.29 bits per heavy atom. The second kappa shape index (κ2) is 6.17. The quantitative estimate of drug-likeness (QED) is 0.884. The average molecular weight is 325 g/mol. The smallest absolute Gasteiger partial charge is 0.263 e. The maximum absolute atomic E-state index is 12.6. The van der Waals surface area contributed by atoms with E-state index in [1.807, 2.05) is 26.0 Å². The number of sulfonamides is 1. The second-order valence-electron chi connectivity index (χ2n) is 5.18. The Balaban J connectivity index is 2.45. The van der Waals surface area contributed by atoms with Crippen LogP contribution in [0.15, 0.2) is 34.5 Å². The standard InChI is InChI=1S/C15H19NO3S2/c1-10(2)12-6-4-5-7-13(12)16-21(18,19)15-11(3)9-20-14(15)8-17/h4-7,9-10,16-17H,8H2,1-3H3. The molecule has 21 heavy (non-hydrogen) atoms. The first kappa shape index (κ1) is 16.0. The highest BCUT2D eigenvalue weighted by molar-refractivity contribution is 7.93. The number of aryl methyl sites for hydroxylation is 1. The normalized spacial score (nSPS) is 11.9. The molecule has 0 aliphatic carbocycles. The van der Waals surface area contributed by atoms with Crippen LogP contribution in [0.5, 0.6) is 0 Å². The van der Waals surface area contributed by atoms with Crippen LogP contribution in [-0.2, 0) is 16.6 Å². The Morgan fingerprint density at radius 2 is 1.95 bits per heavy atom. The van der Waals surface area contributed by atoms with Crippen molar-refractivity contribution in [2.24, 2.45) is 0 Å². The molecule has 0 spiro atoms. The average Bonchev–Trinajstić information content (AvgIpc) is 2.80. The molecule has 0 saturated carbocycles. The van der Waals surface area contributed by atoms with Crippen LogP contribution in [-0.4, -0.2) is 13.5 Å². The number of rotatable bonds is 5. The molecule has 0 aliphatic rings. The number of thiophene rings is 1. The highest BCUT2D eigenvalue weighted by atomic mass is 32.2. The summed E-state index contributed by atoms with van der Waals surface area (Å²) in [5.74, 6) is 0.213. The molecule has 0 unspecified atom stereocenters. The highest BCUT2D eigenvalue weighted by Crippen LogP contribution is 2.31. The van der Waals surface area contributed by atoms with E-state index in [0.29, 0.717) is 16.1 Å². The van der Waals surface area contributed by atoms with Gasteiger partial charge in [0.2, 0.25) is 0 Å². The highest BCUT2D eigenvalue weighted by Gasteiger charge is 2.23. The minimum absolute atomic E-state index is 0.188. The van der Waals surface area contributed by atoms with Crippen molar-refractivity contribution >= 4 is 27.0 Å². The maximum atomic E-state index is 12.6. The molecule has 0 saturated heterocycles. The number of benzene rings is 1. The zero-order valence-corrected chi connectivity index (χ0v) is 13.9. The van der Waals surface area contributed by atoms with Crippen molar-refractivity contribution in [1.82, 2.24) is 0 Å². The lowest BCUT2D eigenvalue weighted by atomic mass is 10.0. The molecule has 0 aliphatic heterocycles. The van der Waals surface area contributed by atoms with Crippen LogP contribution in [0.25, 0.3) is 0 Å². The first-order valence-corrected chi connectivity index (χ1v) is 9.02. The summed E-state index contributed by atoms with van der Waals surface area (Å²) in [4.78, 5) is 0.649. The SMILES string of the molecule is Cc1csc(CO)c1S(=O)(=O)Nc1ccccc1C(C)C. The fraction of sp³-hybridized carbons (Fsp3) is 0.333. The molecule has 1 heterocycles. The minimum Gasteiger partial charge on any atom is -0.391 e. The van der Waals surface area contributed by atoms with Gasteiger partial charge < -0.3 is 5.11 Å². The van der Waals surface area contributed by atoms with Crippen LogP contribution >= 0.6 is 11.3 Å². The van der Waals surface area contributed by atoms with E-state index >= 15 is 0 Å². The molecule has 0 atom stereocenters. The molecular weight excluding hydrogens is 306 g/mol. The predicted octanol–water partition coefficient (Wildman–Crippen LogP) is 3.47. The van der Waals surface area contributed by atoms with Crippen molar-refractivity contribution in [2.45, 2.75) is 38.2 Å². The van der Waals surface area contributed by atoms with Gasteiger partial charge in [-0.3, -0.25) is 4.72 Å². The van der Waals surface area contributed by atoms with Gasteiger partial charge in [0.15, 0.2) is 0 Å². The zero-order valence-electron chi connectivity index (χ0n) is 12.3. The molecule has 2 N–H and O–H groups in total. The van der Waals surface area contributed by atoms with Gasteiger partial charge in [0.25, 0.3) is 10.0 Å². The predicted molar refractivity (Wildman–Crippen MR) is 86.3 cm³/mol. The Labute approximate surface area is 129 Å². The number of aliphatic hydroxyl groups excluding tert-OH is 1. The first-order valence-electron chi connectivity index (χ1n) is 6.66. The number of hydrogen-bond donors (Lipinski definition) is 2. The lowest BCUT2D eigenvalue weighted by Crippen LogP contribution is -2.16. The van der Waals surface area contributed by atoms with Crippen molar-refractivity contribution in [3.63, 3.8) is 0 Å². The van der Waals surface area contributed by atoms with Crippen LogP contribution < -0.4 is 4.72 Å². The summed E-state index contributed by atoms with van der Waals surface area (Å²) in [5, 5.41) is 11.1. The molecule has 0 fully saturated rings. The first-order chi connectivity index (χ1) is 9.86. The van der Waals surface area contributed by atoms with E-state index in [9.17, 15) is 13.5 Å². The van der Waals surface area contributed by atoms with Crippen molar-refractivity contribution < 1.29 is 13.5 Å². The van der Waals surface area contributed by atoms with E-state index in [-0.39, 0.29) is 17.4 Å². The molecule has 114 valence electrons. The van der Waals surface area contributed by atoms with Crippen molar-refractivity contribution in [2.75, 3.05) is 4.72 Å². The second-order valence-corrected chi connectivity index (χ2v) is 7.76. The Hall–Kier alpha value is -1.37. The number of nitrogens with one attached hydrogen (secondary N) is 1. The van der Waals surface area contributed by atoms with Gasteiger partial charge in [0, 0.05) is 0 Å². The van der Waals surface area contributed by atoms with E-state index < -0.39 is 10.0 Å². The van der Waals surface area contributed by atoms with Crippen LogP contribution in [0.2, 0.25) is 0 Å². The fourth-order valence-electron chi connectivity index (χ4n) is 2.25. The summed E-state index contributed by atoms with van der Waals surface area (Å²) in [6, 6.07) is 7.36. The van der Waals surface area contributed by atoms with Gasteiger partial charge in [-0.25, -0.2) is 8.42 Å². The Morgan fingerprint density at radius 3 is 2.57 bits per heavy atom. The summed E-state index contributed by atoms with van der Waals surface area (Å²) >= 11 is 1.25. The van der Waals surface area contributed by atoms with E-state index in [0.717, 1.165) is 5.56 Å². The monoisotopic (exact) mass is 325 g/mol. The number of aliphatic hydroxyl groups is 1. The van der Waals surface area contributed by atoms with Crippen molar-refractivity contribution in [3.05, 3.63) is 45.6 Å². The largest absolute Gasteiger partial charge is 0.391 e. The summed E-state index contributed by atoms with van der Waals surface area (Å²) < 4.78 is 27.9. The van der Waals surface area contributed by atoms with Crippen LogP contribution in [0, 0.1) is 6.92 Å². The minimum atomic E-state index is -3.70. The van der Waals surface area contributed by atoms with Gasteiger partial charge in [-0.15, -0.1) is 11.3 Å². The van der Waals surface area contributed by atoms with Gasteiger partial charge in [0.1, 0.15) is 4.90 Å². The number of para-hydroxylation sites is 1. The molecule has 0 amide bonds. The summed E-state index contributed by atoms with van der Waals surface area (Å²) in [6.07, 6.45) is 0. The molecule has 1 aromatic carbocycles. The van der Waals surface area contributed by atoms with Gasteiger partial charge in [-0.05, 0) is 35.4 Å². The molecular formula is C15H19NO3S2. The van der Waals surface area contributed by atoms with Crippen molar-refractivity contribution in [3.8, 4) is 0 Å². The third-order valence-electron chi connectivity index (χ3n) is 3.23. The summed E-state index contributed by atoms with van der Waals surface area (Å²) in [7, 11) is -3.70. The van der Waals surface area contributed by atoms with Gasteiger partial charge in [-0.1, -0.05) is 32.0 Å². The molecule has 2 aromatic rings. The zero-order chi connectivity index (χ0) is 15.6. The molecule has 0 bridgehead atoms. The number of hydrogen-bond acceptors (Lipinski definition) is 4. The molecule has 4 nitrogen and oxygen atoms in total. The third kappa shape index (κ3) is 3.28. The topological polar surface area (TPSA) is 66.4 Å². The molecule has 6 heteroatoms. The fourth-order valence-corrected chi connectivity index (χ4v) is 5.00.